The number of thiazole rings is 1. The van der Waals surface area contributed by atoms with Crippen molar-refractivity contribution >= 4 is 16.5 Å². The molecule has 2 N–H and O–H groups in total. The van der Waals surface area contributed by atoms with Gasteiger partial charge >= 0.3 is 0 Å². The van der Waals surface area contributed by atoms with Crippen LogP contribution in [0.5, 0.6) is 0 Å². The van der Waals surface area contributed by atoms with Gasteiger partial charge in [-0.15, -0.1) is 11.3 Å². The van der Waals surface area contributed by atoms with Crippen LogP contribution in [0.2, 0.25) is 0 Å². The van der Waals surface area contributed by atoms with Gasteiger partial charge in [0.05, 0.1) is 11.8 Å². The van der Waals surface area contributed by atoms with E-state index in [9.17, 15) is 0 Å². The van der Waals surface area contributed by atoms with Crippen molar-refractivity contribution in [1.82, 2.24) is 9.55 Å². The zero-order valence-corrected chi connectivity index (χ0v) is 12.2. The number of hydrogen-bond acceptors (Lipinski definition) is 4. The normalized spacial score (nSPS) is 19.2. The smallest absolute Gasteiger partial charge is 0.180 e. The molecule has 1 saturated heterocycles. The predicted octanol–water partition coefficient (Wildman–Crippen LogP) is 2.99. The van der Waals surface area contributed by atoms with Crippen molar-refractivity contribution in [2.75, 3.05) is 12.3 Å². The van der Waals surface area contributed by atoms with Gasteiger partial charge in [0.25, 0.3) is 0 Å². The maximum Gasteiger partial charge on any atom is 0.180 e. The third-order valence-electron chi connectivity index (χ3n) is 3.78. The highest BCUT2D eigenvalue weighted by Crippen LogP contribution is 2.29. The minimum absolute atomic E-state index is 0.359. The molecule has 1 aliphatic rings. The molecule has 3 heterocycles. The highest BCUT2D eigenvalue weighted by atomic mass is 32.1. The van der Waals surface area contributed by atoms with E-state index in [0.717, 1.165) is 25.3 Å². The van der Waals surface area contributed by atoms with Gasteiger partial charge in [0.2, 0.25) is 0 Å². The fourth-order valence-corrected chi connectivity index (χ4v) is 3.31. The van der Waals surface area contributed by atoms with Crippen LogP contribution in [0, 0.1) is 13.8 Å². The van der Waals surface area contributed by atoms with Gasteiger partial charge in [0.15, 0.2) is 5.13 Å². The first-order chi connectivity index (χ1) is 9.15. The van der Waals surface area contributed by atoms with Crippen LogP contribution in [0.4, 0.5) is 5.13 Å². The van der Waals surface area contributed by atoms with E-state index < -0.39 is 0 Å². The molecule has 2 aromatic rings. The molecular formula is C14H19N3OS. The number of hydrogen-bond donors (Lipinski definition) is 1. The number of rotatable bonds is 3. The maximum atomic E-state index is 5.73. The van der Waals surface area contributed by atoms with Gasteiger partial charge < -0.3 is 15.0 Å². The van der Waals surface area contributed by atoms with Crippen molar-refractivity contribution in [1.29, 1.82) is 0 Å². The number of aryl methyl sites for hydroxylation is 1. The summed E-state index contributed by atoms with van der Waals surface area (Å²) in [5.41, 5.74) is 10.4. The van der Waals surface area contributed by atoms with Crippen LogP contribution in [0.1, 0.15) is 24.2 Å². The summed E-state index contributed by atoms with van der Waals surface area (Å²) in [7, 11) is 0. The van der Waals surface area contributed by atoms with Crippen molar-refractivity contribution < 1.29 is 4.74 Å². The van der Waals surface area contributed by atoms with E-state index in [1.807, 2.05) is 5.38 Å². The SMILES string of the molecule is Cc1cc(-c2csc(N)n2)c(C)n1C[C@H]1CCCO1. The highest BCUT2D eigenvalue weighted by Gasteiger charge is 2.19. The Morgan fingerprint density at radius 3 is 3.00 bits per heavy atom. The van der Waals surface area contributed by atoms with Gasteiger partial charge in [-0.3, -0.25) is 0 Å². The van der Waals surface area contributed by atoms with Crippen LogP contribution in [-0.4, -0.2) is 22.3 Å². The summed E-state index contributed by atoms with van der Waals surface area (Å²) in [4.78, 5) is 4.38. The molecule has 3 rings (SSSR count). The molecule has 0 amide bonds. The van der Waals surface area contributed by atoms with Gasteiger partial charge in [-0.05, 0) is 32.8 Å². The molecule has 2 aromatic heterocycles. The summed E-state index contributed by atoms with van der Waals surface area (Å²) >= 11 is 1.49. The van der Waals surface area contributed by atoms with Gasteiger partial charge in [-0.2, -0.15) is 0 Å². The monoisotopic (exact) mass is 277 g/mol. The van der Waals surface area contributed by atoms with Crippen molar-refractivity contribution in [3.63, 3.8) is 0 Å². The van der Waals surface area contributed by atoms with E-state index >= 15 is 0 Å². The lowest BCUT2D eigenvalue weighted by Gasteiger charge is -2.14. The second kappa shape index (κ2) is 4.98. The molecule has 0 aliphatic carbocycles. The number of nitrogens with two attached hydrogens (primary N) is 1. The van der Waals surface area contributed by atoms with Crippen molar-refractivity contribution in [3.8, 4) is 11.3 Å². The lowest BCUT2D eigenvalue weighted by Crippen LogP contribution is -2.16. The Labute approximate surface area is 117 Å². The van der Waals surface area contributed by atoms with Crippen LogP contribution in [0.15, 0.2) is 11.4 Å². The second-order valence-corrected chi connectivity index (χ2v) is 5.99. The first kappa shape index (κ1) is 12.7. The fraction of sp³-hybridized carbons (Fsp3) is 0.500. The Morgan fingerprint density at radius 2 is 2.37 bits per heavy atom. The fourth-order valence-electron chi connectivity index (χ4n) is 2.74. The molecule has 0 saturated carbocycles. The van der Waals surface area contributed by atoms with E-state index in [0.29, 0.717) is 11.2 Å². The first-order valence-electron chi connectivity index (χ1n) is 6.65. The number of nitrogens with zero attached hydrogens (tertiary/aromatic N) is 2. The van der Waals surface area contributed by atoms with Crippen molar-refractivity contribution in [2.24, 2.45) is 0 Å². The van der Waals surface area contributed by atoms with E-state index in [2.05, 4.69) is 29.5 Å². The number of aromatic nitrogens is 2. The summed E-state index contributed by atoms with van der Waals surface area (Å²) in [6, 6.07) is 2.19. The summed E-state index contributed by atoms with van der Waals surface area (Å²) in [5.74, 6) is 0. The van der Waals surface area contributed by atoms with Crippen molar-refractivity contribution in [2.45, 2.75) is 39.3 Å². The lowest BCUT2D eigenvalue weighted by molar-refractivity contribution is 0.0962. The minimum Gasteiger partial charge on any atom is -0.376 e. The standard InChI is InChI=1S/C14H19N3OS/c1-9-6-12(13-8-19-14(15)16-13)10(2)17(9)7-11-4-3-5-18-11/h6,8,11H,3-5,7H2,1-2H3,(H2,15,16)/t11-/m1/s1. The third-order valence-corrected chi connectivity index (χ3v) is 4.46. The molecule has 1 fully saturated rings. The lowest BCUT2D eigenvalue weighted by atomic mass is 10.2. The Kier molecular flexibility index (Phi) is 3.33. The molecule has 1 atom stereocenters. The number of anilines is 1. The van der Waals surface area contributed by atoms with E-state index in [1.54, 1.807) is 0 Å². The first-order valence-corrected chi connectivity index (χ1v) is 7.53. The molecule has 19 heavy (non-hydrogen) atoms. The molecule has 0 bridgehead atoms. The predicted molar refractivity (Wildman–Crippen MR) is 78.4 cm³/mol. The summed E-state index contributed by atoms with van der Waals surface area (Å²) in [6.45, 7) is 6.13. The molecule has 1 aliphatic heterocycles. The Bertz CT molecular complexity index is 582. The molecule has 0 aromatic carbocycles. The van der Waals surface area contributed by atoms with Crippen LogP contribution in [0.25, 0.3) is 11.3 Å². The zero-order valence-electron chi connectivity index (χ0n) is 11.3. The molecule has 0 radical (unpaired) electrons. The Balaban J connectivity index is 1.91. The van der Waals surface area contributed by atoms with E-state index in [4.69, 9.17) is 10.5 Å². The Hall–Kier alpha value is -1.33. The summed E-state index contributed by atoms with van der Waals surface area (Å²) in [5, 5.41) is 2.65. The van der Waals surface area contributed by atoms with Gasteiger partial charge in [0.1, 0.15) is 0 Å². The number of ether oxygens (including phenoxy) is 1. The molecule has 5 heteroatoms. The zero-order chi connectivity index (χ0) is 13.4. The summed E-state index contributed by atoms with van der Waals surface area (Å²) in [6.07, 6.45) is 2.70. The second-order valence-electron chi connectivity index (χ2n) is 5.10. The van der Waals surface area contributed by atoms with E-state index in [1.165, 1.54) is 34.7 Å². The molecule has 102 valence electrons. The molecule has 0 unspecified atom stereocenters. The van der Waals surface area contributed by atoms with Gasteiger partial charge in [0, 0.05) is 35.5 Å². The van der Waals surface area contributed by atoms with Crippen LogP contribution >= 0.6 is 11.3 Å². The Morgan fingerprint density at radius 1 is 1.53 bits per heavy atom. The van der Waals surface area contributed by atoms with Crippen molar-refractivity contribution in [3.05, 3.63) is 22.8 Å². The minimum atomic E-state index is 0.359. The van der Waals surface area contributed by atoms with Gasteiger partial charge in [-0.25, -0.2) is 4.98 Å². The van der Waals surface area contributed by atoms with Crippen LogP contribution in [-0.2, 0) is 11.3 Å². The maximum absolute atomic E-state index is 5.73. The van der Waals surface area contributed by atoms with Gasteiger partial charge in [-0.1, -0.05) is 0 Å². The largest absolute Gasteiger partial charge is 0.376 e. The highest BCUT2D eigenvalue weighted by molar-refractivity contribution is 7.13. The topological polar surface area (TPSA) is 53.1 Å². The average Bonchev–Trinajstić information content (AvgIpc) is 3.07. The quantitative estimate of drug-likeness (QED) is 0.938. The number of nitrogen functional groups attached to an aromatic ring is 1. The van der Waals surface area contributed by atoms with E-state index in [-0.39, 0.29) is 0 Å². The summed E-state index contributed by atoms with van der Waals surface area (Å²) < 4.78 is 8.07. The van der Waals surface area contributed by atoms with Crippen LogP contribution in [0.3, 0.4) is 0 Å². The van der Waals surface area contributed by atoms with Crippen LogP contribution < -0.4 is 5.73 Å². The third kappa shape index (κ3) is 2.40. The molecular weight excluding hydrogens is 258 g/mol. The molecule has 4 nitrogen and oxygen atoms in total. The average molecular weight is 277 g/mol. The molecule has 0 spiro atoms.